The highest BCUT2D eigenvalue weighted by atomic mass is 16.1. The van der Waals surface area contributed by atoms with E-state index in [1.165, 1.54) is 0 Å². The lowest BCUT2D eigenvalue weighted by atomic mass is 10.0. The van der Waals surface area contributed by atoms with Crippen molar-refractivity contribution in [3.05, 3.63) is 18.0 Å². The Bertz CT molecular complexity index is 333. The van der Waals surface area contributed by atoms with Crippen LogP contribution >= 0.6 is 0 Å². The molecular formula is C12H21N3O. The van der Waals surface area contributed by atoms with Crippen molar-refractivity contribution in [3.63, 3.8) is 0 Å². The molecule has 4 heteroatoms. The molecule has 0 amide bonds. The minimum Gasteiger partial charge on any atom is -0.327 e. The maximum atomic E-state index is 11.8. The van der Waals surface area contributed by atoms with Crippen molar-refractivity contribution in [1.29, 1.82) is 0 Å². The van der Waals surface area contributed by atoms with Crippen LogP contribution in [0.15, 0.2) is 12.4 Å². The molecule has 2 N–H and O–H groups in total. The van der Waals surface area contributed by atoms with E-state index in [9.17, 15) is 4.79 Å². The summed E-state index contributed by atoms with van der Waals surface area (Å²) in [6, 6.07) is -0.0213. The molecule has 0 aromatic carbocycles. The summed E-state index contributed by atoms with van der Waals surface area (Å²) in [4.78, 5) is 11.8. The van der Waals surface area contributed by atoms with Crippen molar-refractivity contribution < 1.29 is 4.79 Å². The average Bonchev–Trinajstić information content (AvgIpc) is 2.67. The van der Waals surface area contributed by atoms with Crippen LogP contribution in [0.4, 0.5) is 0 Å². The van der Waals surface area contributed by atoms with Crippen LogP contribution in [-0.2, 0) is 6.54 Å². The van der Waals surface area contributed by atoms with E-state index in [1.807, 2.05) is 6.20 Å². The first kappa shape index (κ1) is 12.9. The molecule has 1 unspecified atom stereocenters. The summed E-state index contributed by atoms with van der Waals surface area (Å²) in [5, 5.41) is 4.14. The Kier molecular flexibility index (Phi) is 5.19. The van der Waals surface area contributed by atoms with E-state index < -0.39 is 0 Å². The van der Waals surface area contributed by atoms with E-state index in [0.29, 0.717) is 12.0 Å². The van der Waals surface area contributed by atoms with Gasteiger partial charge in [0.15, 0.2) is 5.78 Å². The molecule has 1 rings (SSSR count). The van der Waals surface area contributed by atoms with Crippen LogP contribution in [-0.4, -0.2) is 21.6 Å². The van der Waals surface area contributed by atoms with Gasteiger partial charge in [0.25, 0.3) is 0 Å². The van der Waals surface area contributed by atoms with Gasteiger partial charge in [0.2, 0.25) is 0 Å². The van der Waals surface area contributed by atoms with Crippen molar-refractivity contribution in [2.24, 2.45) is 5.73 Å². The minimum absolute atomic E-state index is 0.0213. The van der Waals surface area contributed by atoms with E-state index in [1.54, 1.807) is 10.9 Å². The maximum Gasteiger partial charge on any atom is 0.167 e. The SMILES string of the molecule is CCCC(N)CC(=O)c1cnn(CCC)c1. The van der Waals surface area contributed by atoms with Gasteiger partial charge in [-0.15, -0.1) is 0 Å². The predicted octanol–water partition coefficient (Wildman–Crippen LogP) is 1.99. The Morgan fingerprint density at radius 3 is 2.88 bits per heavy atom. The second kappa shape index (κ2) is 6.43. The minimum atomic E-state index is -0.0213. The lowest BCUT2D eigenvalue weighted by Crippen LogP contribution is -2.23. The highest BCUT2D eigenvalue weighted by Crippen LogP contribution is 2.07. The Morgan fingerprint density at radius 2 is 2.25 bits per heavy atom. The molecule has 90 valence electrons. The van der Waals surface area contributed by atoms with Crippen molar-refractivity contribution in [1.82, 2.24) is 9.78 Å². The standard InChI is InChI=1S/C12H21N3O/c1-3-5-11(13)7-12(16)10-8-14-15(9-10)6-4-2/h8-9,11H,3-7,13H2,1-2H3. The number of Topliss-reactive ketones (excluding diaryl/α,β-unsaturated/α-hetero) is 1. The molecule has 0 aliphatic heterocycles. The van der Waals surface area contributed by atoms with Gasteiger partial charge in [-0.25, -0.2) is 0 Å². The van der Waals surface area contributed by atoms with Crippen molar-refractivity contribution >= 4 is 5.78 Å². The molecule has 1 heterocycles. The van der Waals surface area contributed by atoms with Gasteiger partial charge in [-0.3, -0.25) is 9.48 Å². The molecule has 0 saturated carbocycles. The summed E-state index contributed by atoms with van der Waals surface area (Å²) in [6.07, 6.45) is 6.80. The number of hydrogen-bond acceptors (Lipinski definition) is 3. The summed E-state index contributed by atoms with van der Waals surface area (Å²) in [6.45, 7) is 5.01. The Balaban J connectivity index is 2.52. The largest absolute Gasteiger partial charge is 0.327 e. The topological polar surface area (TPSA) is 60.9 Å². The molecule has 0 aliphatic carbocycles. The predicted molar refractivity (Wildman–Crippen MR) is 64.3 cm³/mol. The van der Waals surface area contributed by atoms with E-state index in [0.717, 1.165) is 25.8 Å². The maximum absolute atomic E-state index is 11.8. The summed E-state index contributed by atoms with van der Waals surface area (Å²) in [5.74, 6) is 0.100. The molecule has 0 radical (unpaired) electrons. The Morgan fingerprint density at radius 1 is 1.50 bits per heavy atom. The molecule has 0 saturated heterocycles. The number of ketones is 1. The number of nitrogens with zero attached hydrogens (tertiary/aromatic N) is 2. The number of carbonyl (C=O) groups is 1. The van der Waals surface area contributed by atoms with Gasteiger partial charge >= 0.3 is 0 Å². The van der Waals surface area contributed by atoms with Gasteiger partial charge in [0.05, 0.1) is 11.8 Å². The average molecular weight is 223 g/mol. The van der Waals surface area contributed by atoms with Gasteiger partial charge in [-0.05, 0) is 12.8 Å². The summed E-state index contributed by atoms with van der Waals surface area (Å²) in [7, 11) is 0. The van der Waals surface area contributed by atoms with Gasteiger partial charge in [-0.1, -0.05) is 20.3 Å². The Hall–Kier alpha value is -1.16. The van der Waals surface area contributed by atoms with Gasteiger partial charge in [0.1, 0.15) is 0 Å². The second-order valence-electron chi connectivity index (χ2n) is 4.17. The fourth-order valence-electron chi connectivity index (χ4n) is 1.69. The monoisotopic (exact) mass is 223 g/mol. The molecule has 1 atom stereocenters. The highest BCUT2D eigenvalue weighted by Gasteiger charge is 2.12. The van der Waals surface area contributed by atoms with Crippen LogP contribution in [0, 0.1) is 0 Å². The molecular weight excluding hydrogens is 202 g/mol. The fraction of sp³-hybridized carbons (Fsp3) is 0.667. The smallest absolute Gasteiger partial charge is 0.167 e. The van der Waals surface area contributed by atoms with E-state index in [2.05, 4.69) is 18.9 Å². The quantitative estimate of drug-likeness (QED) is 0.719. The normalized spacial score (nSPS) is 12.7. The number of aryl methyl sites for hydroxylation is 1. The fourth-order valence-corrected chi connectivity index (χ4v) is 1.69. The van der Waals surface area contributed by atoms with Crippen molar-refractivity contribution in [3.8, 4) is 0 Å². The van der Waals surface area contributed by atoms with Gasteiger partial charge in [-0.2, -0.15) is 5.10 Å². The summed E-state index contributed by atoms with van der Waals surface area (Å²) in [5.41, 5.74) is 6.52. The number of aromatic nitrogens is 2. The van der Waals surface area contributed by atoms with E-state index >= 15 is 0 Å². The van der Waals surface area contributed by atoms with Crippen LogP contribution in [0.1, 0.15) is 49.9 Å². The summed E-state index contributed by atoms with van der Waals surface area (Å²) >= 11 is 0. The van der Waals surface area contributed by atoms with Crippen LogP contribution in [0.5, 0.6) is 0 Å². The molecule has 1 aromatic rings. The first-order valence-electron chi connectivity index (χ1n) is 5.98. The van der Waals surface area contributed by atoms with Crippen LogP contribution in [0.25, 0.3) is 0 Å². The lowest BCUT2D eigenvalue weighted by Gasteiger charge is -2.07. The first-order valence-corrected chi connectivity index (χ1v) is 5.98. The van der Waals surface area contributed by atoms with Crippen LogP contribution in [0.2, 0.25) is 0 Å². The second-order valence-corrected chi connectivity index (χ2v) is 4.17. The zero-order valence-electron chi connectivity index (χ0n) is 10.1. The van der Waals surface area contributed by atoms with E-state index in [-0.39, 0.29) is 11.8 Å². The molecule has 1 aromatic heterocycles. The number of rotatable bonds is 7. The van der Waals surface area contributed by atoms with Crippen molar-refractivity contribution in [2.45, 2.75) is 52.1 Å². The van der Waals surface area contributed by atoms with Gasteiger partial charge < -0.3 is 5.73 Å². The zero-order valence-corrected chi connectivity index (χ0v) is 10.1. The third kappa shape index (κ3) is 3.77. The Labute approximate surface area is 96.8 Å². The van der Waals surface area contributed by atoms with Crippen molar-refractivity contribution in [2.75, 3.05) is 0 Å². The third-order valence-corrected chi connectivity index (χ3v) is 2.51. The molecule has 4 nitrogen and oxygen atoms in total. The van der Waals surface area contributed by atoms with Crippen LogP contribution < -0.4 is 5.73 Å². The molecule has 0 bridgehead atoms. The molecule has 0 aliphatic rings. The summed E-state index contributed by atoms with van der Waals surface area (Å²) < 4.78 is 1.80. The lowest BCUT2D eigenvalue weighted by molar-refractivity contribution is 0.0973. The van der Waals surface area contributed by atoms with Crippen LogP contribution in [0.3, 0.4) is 0 Å². The highest BCUT2D eigenvalue weighted by molar-refractivity contribution is 5.95. The third-order valence-electron chi connectivity index (χ3n) is 2.51. The number of nitrogens with two attached hydrogens (primary N) is 1. The van der Waals surface area contributed by atoms with Gasteiger partial charge in [0, 0.05) is 25.2 Å². The van der Waals surface area contributed by atoms with E-state index in [4.69, 9.17) is 5.73 Å². The molecule has 16 heavy (non-hydrogen) atoms. The first-order chi connectivity index (χ1) is 7.67. The zero-order chi connectivity index (χ0) is 12.0. The number of carbonyl (C=O) groups excluding carboxylic acids is 1. The number of hydrogen-bond donors (Lipinski definition) is 1. The molecule has 0 fully saturated rings. The molecule has 0 spiro atoms.